The van der Waals surface area contributed by atoms with Crippen LogP contribution in [-0.2, 0) is 0 Å². The largest absolute Gasteiger partial charge is 0.357 e. The third-order valence-electron chi connectivity index (χ3n) is 4.21. The highest BCUT2D eigenvalue weighted by Crippen LogP contribution is 2.15. The molecule has 1 aromatic carbocycles. The lowest BCUT2D eigenvalue weighted by Gasteiger charge is -2.33. The maximum absolute atomic E-state index is 12.0. The minimum atomic E-state index is -0.0173. The Hall–Kier alpha value is -1.31. The van der Waals surface area contributed by atoms with Gasteiger partial charge in [0.15, 0.2) is 5.96 Å². The van der Waals surface area contributed by atoms with E-state index in [1.807, 2.05) is 30.3 Å². The predicted molar refractivity (Wildman–Crippen MR) is 115 cm³/mol. The van der Waals surface area contributed by atoms with E-state index in [-0.39, 0.29) is 29.9 Å². The molecule has 1 atom stereocenters. The minimum absolute atomic E-state index is 0. The number of amides is 1. The van der Waals surface area contributed by atoms with E-state index in [9.17, 15) is 4.79 Å². The summed E-state index contributed by atoms with van der Waals surface area (Å²) in [6.07, 6.45) is 3.39. The van der Waals surface area contributed by atoms with Gasteiger partial charge in [0.05, 0.1) is 0 Å². The second-order valence-electron chi connectivity index (χ2n) is 6.40. The van der Waals surface area contributed by atoms with Crippen molar-refractivity contribution in [3.05, 3.63) is 35.9 Å². The van der Waals surface area contributed by atoms with Gasteiger partial charge in [0, 0.05) is 38.3 Å². The Morgan fingerprint density at radius 1 is 1.28 bits per heavy atom. The van der Waals surface area contributed by atoms with Crippen LogP contribution < -0.4 is 10.6 Å². The van der Waals surface area contributed by atoms with Crippen molar-refractivity contribution in [2.75, 3.05) is 32.7 Å². The fourth-order valence-electron chi connectivity index (χ4n) is 2.97. The maximum atomic E-state index is 12.0. The van der Waals surface area contributed by atoms with Crippen LogP contribution in [0, 0.1) is 5.92 Å². The minimum Gasteiger partial charge on any atom is -0.357 e. The Morgan fingerprint density at radius 2 is 2.04 bits per heavy atom. The number of hydrogen-bond donors (Lipinski definition) is 2. The number of benzene rings is 1. The molecular formula is C19H31IN4O. The number of nitrogens with zero attached hydrogens (tertiary/aromatic N) is 2. The van der Waals surface area contributed by atoms with Crippen molar-refractivity contribution in [3.63, 3.8) is 0 Å². The van der Waals surface area contributed by atoms with Gasteiger partial charge in [0.2, 0.25) is 0 Å². The van der Waals surface area contributed by atoms with Gasteiger partial charge < -0.3 is 15.5 Å². The molecule has 0 bridgehead atoms. The van der Waals surface area contributed by atoms with Gasteiger partial charge in [-0.15, -0.1) is 24.0 Å². The fraction of sp³-hybridized carbons (Fsp3) is 0.579. The van der Waals surface area contributed by atoms with Crippen LogP contribution in [0.1, 0.15) is 43.5 Å². The molecule has 0 radical (unpaired) electrons. The van der Waals surface area contributed by atoms with Crippen LogP contribution in [0.4, 0.5) is 0 Å². The molecule has 1 aliphatic heterocycles. The molecule has 1 amide bonds. The predicted octanol–water partition coefficient (Wildman–Crippen LogP) is 3.12. The van der Waals surface area contributed by atoms with Gasteiger partial charge in [-0.1, -0.05) is 25.1 Å². The number of halogens is 1. The summed E-state index contributed by atoms with van der Waals surface area (Å²) in [7, 11) is 0. The van der Waals surface area contributed by atoms with Gasteiger partial charge >= 0.3 is 0 Å². The number of aliphatic imine (C=N–C) groups is 1. The van der Waals surface area contributed by atoms with Crippen molar-refractivity contribution >= 4 is 35.8 Å². The number of likely N-dealkylation sites (tertiary alicyclic amines) is 1. The number of carbonyl (C=O) groups excluding carboxylic acids is 1. The van der Waals surface area contributed by atoms with Crippen LogP contribution in [0.5, 0.6) is 0 Å². The molecule has 0 aromatic heterocycles. The fourth-order valence-corrected chi connectivity index (χ4v) is 2.97. The van der Waals surface area contributed by atoms with E-state index in [2.05, 4.69) is 29.4 Å². The van der Waals surface area contributed by atoms with E-state index in [1.165, 1.54) is 12.8 Å². The number of carbonyl (C=O) groups is 1. The number of nitrogens with one attached hydrogen (secondary N) is 2. The lowest BCUT2D eigenvalue weighted by Crippen LogP contribution is -2.46. The molecule has 1 aliphatic rings. The molecule has 2 rings (SSSR count). The van der Waals surface area contributed by atoms with Gasteiger partial charge in [-0.25, -0.2) is 0 Å². The zero-order valence-electron chi connectivity index (χ0n) is 15.3. The number of hydrogen-bond acceptors (Lipinski definition) is 2. The Bertz CT molecular complexity index is 535. The summed E-state index contributed by atoms with van der Waals surface area (Å²) in [6.45, 7) is 8.82. The SMILES string of the molecule is CCNC(=NCCCNC(=O)c1ccccc1)N1CCCC(C)C1.I. The molecule has 2 N–H and O–H groups in total. The third-order valence-corrected chi connectivity index (χ3v) is 4.21. The van der Waals surface area contributed by atoms with Gasteiger partial charge in [0.25, 0.3) is 5.91 Å². The van der Waals surface area contributed by atoms with Crippen LogP contribution in [0.3, 0.4) is 0 Å². The Kier molecular flexibility index (Phi) is 10.5. The highest BCUT2D eigenvalue weighted by atomic mass is 127. The molecule has 1 heterocycles. The number of piperidine rings is 1. The van der Waals surface area contributed by atoms with E-state index in [1.54, 1.807) is 0 Å². The van der Waals surface area contributed by atoms with Crippen LogP contribution in [0.15, 0.2) is 35.3 Å². The normalized spacial score (nSPS) is 17.6. The van der Waals surface area contributed by atoms with Crippen molar-refractivity contribution in [1.29, 1.82) is 0 Å². The molecule has 1 unspecified atom stereocenters. The first-order valence-electron chi connectivity index (χ1n) is 9.07. The summed E-state index contributed by atoms with van der Waals surface area (Å²) in [4.78, 5) is 19.0. The molecule has 0 saturated carbocycles. The van der Waals surface area contributed by atoms with E-state index < -0.39 is 0 Å². The quantitative estimate of drug-likeness (QED) is 0.298. The van der Waals surface area contributed by atoms with Crippen LogP contribution in [0.25, 0.3) is 0 Å². The Morgan fingerprint density at radius 3 is 2.72 bits per heavy atom. The summed E-state index contributed by atoms with van der Waals surface area (Å²) < 4.78 is 0. The summed E-state index contributed by atoms with van der Waals surface area (Å²) >= 11 is 0. The van der Waals surface area contributed by atoms with Crippen LogP contribution >= 0.6 is 24.0 Å². The van der Waals surface area contributed by atoms with Gasteiger partial charge in [-0.3, -0.25) is 9.79 Å². The zero-order chi connectivity index (χ0) is 17.2. The van der Waals surface area contributed by atoms with Gasteiger partial charge in [0.1, 0.15) is 0 Å². The van der Waals surface area contributed by atoms with Crippen molar-refractivity contribution in [1.82, 2.24) is 15.5 Å². The van der Waals surface area contributed by atoms with Gasteiger partial charge in [-0.05, 0) is 44.2 Å². The van der Waals surface area contributed by atoms with Crippen molar-refractivity contribution in [2.24, 2.45) is 10.9 Å². The first-order chi connectivity index (χ1) is 11.7. The Labute approximate surface area is 168 Å². The maximum Gasteiger partial charge on any atom is 0.251 e. The van der Waals surface area contributed by atoms with E-state index in [4.69, 9.17) is 4.99 Å². The van der Waals surface area contributed by atoms with Crippen LogP contribution in [0.2, 0.25) is 0 Å². The van der Waals surface area contributed by atoms with E-state index in [0.717, 1.165) is 44.5 Å². The topological polar surface area (TPSA) is 56.7 Å². The molecule has 0 aliphatic carbocycles. The highest BCUT2D eigenvalue weighted by molar-refractivity contribution is 14.0. The summed E-state index contributed by atoms with van der Waals surface area (Å²) in [5, 5.41) is 6.34. The summed E-state index contributed by atoms with van der Waals surface area (Å²) in [5.41, 5.74) is 0.705. The molecule has 25 heavy (non-hydrogen) atoms. The molecule has 1 saturated heterocycles. The molecule has 1 aromatic rings. The lowest BCUT2D eigenvalue weighted by molar-refractivity contribution is 0.0953. The van der Waals surface area contributed by atoms with Crippen LogP contribution in [-0.4, -0.2) is 49.5 Å². The third kappa shape index (κ3) is 7.63. The second-order valence-corrected chi connectivity index (χ2v) is 6.40. The average molecular weight is 458 g/mol. The van der Waals surface area contributed by atoms with E-state index in [0.29, 0.717) is 12.1 Å². The molecule has 6 heteroatoms. The van der Waals surface area contributed by atoms with Gasteiger partial charge in [-0.2, -0.15) is 0 Å². The van der Waals surface area contributed by atoms with Crippen molar-refractivity contribution in [3.8, 4) is 0 Å². The average Bonchev–Trinajstić information content (AvgIpc) is 2.61. The molecule has 5 nitrogen and oxygen atoms in total. The first kappa shape index (κ1) is 21.7. The first-order valence-corrected chi connectivity index (χ1v) is 9.07. The molecule has 0 spiro atoms. The van der Waals surface area contributed by atoms with E-state index >= 15 is 0 Å². The lowest BCUT2D eigenvalue weighted by atomic mass is 10.0. The highest BCUT2D eigenvalue weighted by Gasteiger charge is 2.18. The molecule has 1 fully saturated rings. The Balaban J connectivity index is 0.00000312. The summed E-state index contributed by atoms with van der Waals surface area (Å²) in [6, 6.07) is 9.32. The smallest absolute Gasteiger partial charge is 0.251 e. The molecular weight excluding hydrogens is 427 g/mol. The zero-order valence-corrected chi connectivity index (χ0v) is 17.7. The summed E-state index contributed by atoms with van der Waals surface area (Å²) in [5.74, 6) is 1.72. The second kappa shape index (κ2) is 12.1. The van der Waals surface area contributed by atoms with Crippen molar-refractivity contribution < 1.29 is 4.79 Å². The standard InChI is InChI=1S/C19H30N4O.HI/c1-3-20-19(23-14-7-9-16(2)15-23)22-13-8-12-21-18(24)17-10-5-4-6-11-17;/h4-6,10-11,16H,3,7-9,12-15H2,1-2H3,(H,20,22)(H,21,24);1H. The number of rotatable bonds is 6. The molecule has 140 valence electrons. The number of guanidine groups is 1. The van der Waals surface area contributed by atoms with Crippen molar-refractivity contribution in [2.45, 2.75) is 33.1 Å². The monoisotopic (exact) mass is 458 g/mol.